The molecule has 8 nitrogen and oxygen atoms in total. The van der Waals surface area contributed by atoms with Crippen molar-refractivity contribution in [2.45, 2.75) is 19.4 Å². The lowest BCUT2D eigenvalue weighted by molar-refractivity contribution is -0.121. The van der Waals surface area contributed by atoms with Gasteiger partial charge in [-0.3, -0.25) is 24.1 Å². The van der Waals surface area contributed by atoms with Crippen LogP contribution in [0.1, 0.15) is 39.1 Å². The number of carbonyl (C=O) groups is 4. The molecule has 3 rings (SSSR count). The van der Waals surface area contributed by atoms with Crippen LogP contribution in [0.5, 0.6) is 0 Å². The Morgan fingerprint density at radius 3 is 2.31 bits per heavy atom. The minimum absolute atomic E-state index is 0.00242. The van der Waals surface area contributed by atoms with E-state index in [-0.39, 0.29) is 43.7 Å². The first-order valence-corrected chi connectivity index (χ1v) is 8.97. The zero-order valence-corrected chi connectivity index (χ0v) is 15.5. The molecule has 0 unspecified atom stereocenters. The van der Waals surface area contributed by atoms with Crippen LogP contribution in [0.25, 0.3) is 0 Å². The monoisotopic (exact) mass is 390 g/mol. The molecule has 2 N–H and O–H groups in total. The number of hydrogen-bond donors (Lipinski definition) is 2. The second kappa shape index (κ2) is 8.80. The number of benzene rings is 2. The molecule has 146 valence electrons. The molecule has 2 aromatic carbocycles. The predicted octanol–water partition coefficient (Wildman–Crippen LogP) is 1.84. The highest BCUT2D eigenvalue weighted by molar-refractivity contribution is 6.21. The predicted molar refractivity (Wildman–Crippen MR) is 104 cm³/mol. The molecule has 1 heterocycles. The van der Waals surface area contributed by atoms with E-state index in [0.717, 1.165) is 10.5 Å². The summed E-state index contributed by atoms with van der Waals surface area (Å²) in [5, 5.41) is 13.8. The quantitative estimate of drug-likeness (QED) is 0.699. The van der Waals surface area contributed by atoms with Crippen molar-refractivity contribution < 1.29 is 19.2 Å². The van der Waals surface area contributed by atoms with Crippen LogP contribution in [0.15, 0.2) is 48.5 Å². The van der Waals surface area contributed by atoms with Crippen LogP contribution in [-0.2, 0) is 16.1 Å². The van der Waals surface area contributed by atoms with Crippen molar-refractivity contribution in [1.29, 1.82) is 5.26 Å². The van der Waals surface area contributed by atoms with Crippen molar-refractivity contribution in [1.82, 2.24) is 10.2 Å². The third-order valence-electron chi connectivity index (χ3n) is 4.38. The van der Waals surface area contributed by atoms with E-state index >= 15 is 0 Å². The summed E-state index contributed by atoms with van der Waals surface area (Å²) >= 11 is 0. The van der Waals surface area contributed by atoms with Crippen molar-refractivity contribution in [3.05, 3.63) is 65.2 Å². The van der Waals surface area contributed by atoms with Gasteiger partial charge in [0, 0.05) is 25.2 Å². The van der Waals surface area contributed by atoms with E-state index in [0.29, 0.717) is 16.8 Å². The van der Waals surface area contributed by atoms with Crippen molar-refractivity contribution in [2.75, 3.05) is 11.9 Å². The number of nitrogens with one attached hydrogen (secondary N) is 2. The smallest absolute Gasteiger partial charge is 0.261 e. The number of nitriles is 1. The van der Waals surface area contributed by atoms with Crippen LogP contribution in [0, 0.1) is 11.3 Å². The van der Waals surface area contributed by atoms with E-state index < -0.39 is 5.91 Å². The van der Waals surface area contributed by atoms with Gasteiger partial charge < -0.3 is 10.6 Å². The lowest BCUT2D eigenvalue weighted by Crippen LogP contribution is -2.34. The Morgan fingerprint density at radius 2 is 1.66 bits per heavy atom. The molecule has 1 aliphatic rings. The summed E-state index contributed by atoms with van der Waals surface area (Å²) in [5.41, 5.74) is 2.00. The van der Waals surface area contributed by atoms with E-state index in [1.165, 1.54) is 0 Å². The molecule has 4 amide bonds. The summed E-state index contributed by atoms with van der Waals surface area (Å²) in [6.07, 6.45) is -0.247. The van der Waals surface area contributed by atoms with Gasteiger partial charge in [-0.2, -0.15) is 5.26 Å². The van der Waals surface area contributed by atoms with E-state index in [1.54, 1.807) is 54.6 Å². The molecule has 0 aromatic heterocycles. The lowest BCUT2D eigenvalue weighted by atomic mass is 10.1. The molecular weight excluding hydrogens is 372 g/mol. The van der Waals surface area contributed by atoms with Gasteiger partial charge in [-0.05, 0) is 29.8 Å². The summed E-state index contributed by atoms with van der Waals surface area (Å²) in [5.74, 6) is -1.49. The van der Waals surface area contributed by atoms with E-state index in [2.05, 4.69) is 10.6 Å². The number of anilines is 1. The highest BCUT2D eigenvalue weighted by atomic mass is 16.2. The molecule has 0 bridgehead atoms. The minimum atomic E-state index is -0.408. The van der Waals surface area contributed by atoms with E-state index in [9.17, 15) is 19.2 Å². The normalized spacial score (nSPS) is 12.3. The molecule has 0 saturated heterocycles. The fourth-order valence-corrected chi connectivity index (χ4v) is 2.98. The number of rotatable bonds is 7. The molecule has 1 aliphatic heterocycles. The lowest BCUT2D eigenvalue weighted by Gasteiger charge is -2.13. The third kappa shape index (κ3) is 4.65. The molecule has 29 heavy (non-hydrogen) atoms. The summed E-state index contributed by atoms with van der Waals surface area (Å²) < 4.78 is 0. The molecular formula is C21H18N4O4. The Kier molecular flexibility index (Phi) is 6.00. The van der Waals surface area contributed by atoms with Crippen molar-refractivity contribution in [3.8, 4) is 6.07 Å². The maximum atomic E-state index is 12.3. The fraction of sp³-hybridized carbons (Fsp3) is 0.190. The van der Waals surface area contributed by atoms with Crippen LogP contribution >= 0.6 is 0 Å². The molecule has 0 aliphatic carbocycles. The number of imide groups is 1. The van der Waals surface area contributed by atoms with Gasteiger partial charge in [-0.1, -0.05) is 24.3 Å². The third-order valence-corrected chi connectivity index (χ3v) is 4.38. The first-order valence-electron chi connectivity index (χ1n) is 8.97. The highest BCUT2D eigenvalue weighted by Crippen LogP contribution is 2.22. The average Bonchev–Trinajstić information content (AvgIpc) is 2.96. The highest BCUT2D eigenvalue weighted by Gasteiger charge is 2.34. The van der Waals surface area contributed by atoms with Gasteiger partial charge in [-0.25, -0.2) is 0 Å². The molecule has 0 radical (unpaired) electrons. The maximum absolute atomic E-state index is 12.3. The zero-order valence-electron chi connectivity index (χ0n) is 15.5. The van der Waals surface area contributed by atoms with Gasteiger partial charge in [0.2, 0.25) is 11.8 Å². The van der Waals surface area contributed by atoms with Gasteiger partial charge in [-0.15, -0.1) is 0 Å². The van der Waals surface area contributed by atoms with Crippen LogP contribution in [-0.4, -0.2) is 35.1 Å². The van der Waals surface area contributed by atoms with Crippen molar-refractivity contribution >= 4 is 29.3 Å². The van der Waals surface area contributed by atoms with Crippen molar-refractivity contribution in [2.24, 2.45) is 0 Å². The number of fused-ring (bicyclic) bond motifs is 1. The summed E-state index contributed by atoms with van der Waals surface area (Å²) in [4.78, 5) is 49.3. The molecule has 0 spiro atoms. The van der Waals surface area contributed by atoms with Crippen LogP contribution in [0.2, 0.25) is 0 Å². The number of carbonyl (C=O) groups excluding carboxylic acids is 4. The average molecular weight is 390 g/mol. The topological polar surface area (TPSA) is 119 Å². The maximum Gasteiger partial charge on any atom is 0.261 e. The Balaban J connectivity index is 1.50. The Bertz CT molecular complexity index is 990. The number of nitrogens with zero attached hydrogens (tertiary/aromatic N) is 2. The molecule has 8 heteroatoms. The van der Waals surface area contributed by atoms with Crippen LogP contribution in [0.4, 0.5) is 5.69 Å². The summed E-state index contributed by atoms with van der Waals surface area (Å²) in [6.45, 7) is 0.228. The second-order valence-electron chi connectivity index (χ2n) is 6.42. The summed E-state index contributed by atoms with van der Waals surface area (Å²) in [6, 6.07) is 15.2. The molecule has 0 atom stereocenters. The number of hydrogen-bond acceptors (Lipinski definition) is 5. The first kappa shape index (κ1) is 19.8. The van der Waals surface area contributed by atoms with Gasteiger partial charge in [0.15, 0.2) is 0 Å². The second-order valence-corrected chi connectivity index (χ2v) is 6.42. The van der Waals surface area contributed by atoms with Gasteiger partial charge >= 0.3 is 0 Å². The van der Waals surface area contributed by atoms with Crippen LogP contribution in [0.3, 0.4) is 0 Å². The van der Waals surface area contributed by atoms with E-state index in [1.807, 2.05) is 0 Å². The Hall–Kier alpha value is -3.99. The molecule has 0 fully saturated rings. The fourth-order valence-electron chi connectivity index (χ4n) is 2.98. The van der Waals surface area contributed by atoms with Crippen LogP contribution < -0.4 is 10.6 Å². The van der Waals surface area contributed by atoms with E-state index in [4.69, 9.17) is 5.26 Å². The van der Waals surface area contributed by atoms with Crippen molar-refractivity contribution in [3.63, 3.8) is 0 Å². The number of amides is 4. The largest absolute Gasteiger partial charge is 0.352 e. The Morgan fingerprint density at radius 1 is 0.966 bits per heavy atom. The minimum Gasteiger partial charge on any atom is -0.352 e. The SMILES string of the molecule is N#CCC(=O)Nc1cccc(CNC(=O)CCN2C(=O)c3ccccc3C2=O)c1. The van der Waals surface area contributed by atoms with Gasteiger partial charge in [0.05, 0.1) is 17.2 Å². The standard InChI is InChI=1S/C21H18N4O4/c22-10-8-19(27)24-15-5-3-4-14(12-15)13-23-18(26)9-11-25-20(28)16-6-1-2-7-17(16)21(25)29/h1-7,12H,8-9,11,13H2,(H,23,26)(H,24,27). The first-order chi connectivity index (χ1) is 14.0. The molecule has 2 aromatic rings. The van der Waals surface area contributed by atoms with Gasteiger partial charge in [0.1, 0.15) is 6.42 Å². The molecule has 0 saturated carbocycles. The summed E-state index contributed by atoms with van der Waals surface area (Å²) in [7, 11) is 0. The van der Waals surface area contributed by atoms with Gasteiger partial charge in [0.25, 0.3) is 11.8 Å². The Labute approximate surface area is 167 Å². The zero-order chi connectivity index (χ0) is 20.8.